The summed E-state index contributed by atoms with van der Waals surface area (Å²) in [5.41, 5.74) is 5.31. The van der Waals surface area contributed by atoms with Crippen molar-refractivity contribution in [3.8, 4) is 0 Å². The molecule has 0 aliphatic heterocycles. The van der Waals surface area contributed by atoms with E-state index in [-0.39, 0.29) is 6.54 Å². The van der Waals surface area contributed by atoms with Crippen LogP contribution >= 0.6 is 0 Å². The Morgan fingerprint density at radius 1 is 1.53 bits per heavy atom. The lowest BCUT2D eigenvalue weighted by atomic mass is 10.2. The molecule has 0 rings (SSSR count). The van der Waals surface area contributed by atoms with Gasteiger partial charge in [0.25, 0.3) is 0 Å². The van der Waals surface area contributed by atoms with Crippen LogP contribution in [0.2, 0.25) is 0 Å². The molecule has 0 spiro atoms. The van der Waals surface area contributed by atoms with Crippen LogP contribution in [0.1, 0.15) is 20.8 Å². The number of hydrogen-bond donors (Lipinski definition) is 2. The van der Waals surface area contributed by atoms with Gasteiger partial charge < -0.3 is 20.8 Å². The van der Waals surface area contributed by atoms with E-state index in [9.17, 15) is 4.79 Å². The maximum Gasteiger partial charge on any atom is 0.410 e. The molecule has 0 saturated heterocycles. The molecule has 0 atom stereocenters. The molecule has 1 amide bonds. The second-order valence-electron chi connectivity index (χ2n) is 4.22. The molecule has 86 valence electrons. The first kappa shape index (κ1) is 13.5. The SMILES string of the molecule is CN(C/C(C=N)=C/N)C(=O)OC(C)(C)C. The molecule has 0 aromatic heterocycles. The van der Waals surface area contributed by atoms with E-state index in [1.807, 2.05) is 0 Å². The monoisotopic (exact) mass is 213 g/mol. The Labute approximate surface area is 90.4 Å². The molecule has 0 fully saturated rings. The molecule has 5 heteroatoms. The normalized spacial score (nSPS) is 12.1. The average molecular weight is 213 g/mol. The van der Waals surface area contributed by atoms with Crippen LogP contribution in [0.3, 0.4) is 0 Å². The molecule has 0 saturated carbocycles. The third-order valence-electron chi connectivity index (χ3n) is 1.52. The lowest BCUT2D eigenvalue weighted by molar-refractivity contribution is 0.0316. The first-order valence-electron chi connectivity index (χ1n) is 4.65. The van der Waals surface area contributed by atoms with Gasteiger partial charge in [0.2, 0.25) is 0 Å². The minimum atomic E-state index is -0.511. The molecule has 0 radical (unpaired) electrons. The van der Waals surface area contributed by atoms with Gasteiger partial charge in [-0.25, -0.2) is 4.79 Å². The zero-order valence-corrected chi connectivity index (χ0v) is 9.70. The highest BCUT2D eigenvalue weighted by molar-refractivity contribution is 5.78. The molecular formula is C10H19N3O2. The number of amides is 1. The Bertz CT molecular complexity index is 266. The molecule has 0 aliphatic carbocycles. The molecule has 15 heavy (non-hydrogen) atoms. The lowest BCUT2D eigenvalue weighted by Gasteiger charge is -2.24. The van der Waals surface area contributed by atoms with Gasteiger partial charge in [-0.15, -0.1) is 0 Å². The van der Waals surface area contributed by atoms with Crippen molar-refractivity contribution in [1.29, 1.82) is 5.41 Å². The average Bonchev–Trinajstić information content (AvgIpc) is 2.10. The predicted molar refractivity (Wildman–Crippen MR) is 59.9 cm³/mol. The number of nitrogens with zero attached hydrogens (tertiary/aromatic N) is 1. The highest BCUT2D eigenvalue weighted by atomic mass is 16.6. The summed E-state index contributed by atoms with van der Waals surface area (Å²) in [5.74, 6) is 0. The second kappa shape index (κ2) is 5.38. The van der Waals surface area contributed by atoms with Crippen LogP contribution in [0.4, 0.5) is 4.79 Å². The van der Waals surface area contributed by atoms with E-state index in [2.05, 4.69) is 0 Å². The van der Waals surface area contributed by atoms with E-state index in [0.29, 0.717) is 5.57 Å². The number of nitrogens with one attached hydrogen (secondary N) is 1. The third-order valence-corrected chi connectivity index (χ3v) is 1.52. The summed E-state index contributed by atoms with van der Waals surface area (Å²) >= 11 is 0. The largest absolute Gasteiger partial charge is 0.444 e. The fourth-order valence-corrected chi connectivity index (χ4v) is 0.825. The number of hydrogen-bond acceptors (Lipinski definition) is 4. The molecule has 5 nitrogen and oxygen atoms in total. The minimum Gasteiger partial charge on any atom is -0.444 e. The molecule has 0 aliphatic rings. The fourth-order valence-electron chi connectivity index (χ4n) is 0.825. The van der Waals surface area contributed by atoms with Crippen molar-refractivity contribution in [2.75, 3.05) is 13.6 Å². The van der Waals surface area contributed by atoms with E-state index >= 15 is 0 Å². The summed E-state index contributed by atoms with van der Waals surface area (Å²) in [6.07, 6.45) is 1.98. The summed E-state index contributed by atoms with van der Waals surface area (Å²) in [5, 5.41) is 7.02. The van der Waals surface area contributed by atoms with Gasteiger partial charge in [-0.3, -0.25) is 0 Å². The fraction of sp³-hybridized carbons (Fsp3) is 0.600. The van der Waals surface area contributed by atoms with Crippen LogP contribution in [-0.4, -0.2) is 36.4 Å². The summed E-state index contributed by atoms with van der Waals surface area (Å²) < 4.78 is 5.13. The van der Waals surface area contributed by atoms with Gasteiger partial charge in [-0.1, -0.05) is 0 Å². The first-order chi connectivity index (χ1) is 6.80. The molecule has 3 N–H and O–H groups in total. The van der Waals surface area contributed by atoms with E-state index in [0.717, 1.165) is 6.21 Å². The number of carbonyl (C=O) groups is 1. The number of ether oxygens (including phenoxy) is 1. The molecule has 0 unspecified atom stereocenters. The van der Waals surface area contributed by atoms with E-state index < -0.39 is 11.7 Å². The van der Waals surface area contributed by atoms with Gasteiger partial charge in [0.05, 0.1) is 6.54 Å². The summed E-state index contributed by atoms with van der Waals surface area (Å²) in [4.78, 5) is 12.9. The molecule has 0 aromatic carbocycles. The van der Waals surface area contributed by atoms with Crippen LogP contribution in [0.25, 0.3) is 0 Å². The van der Waals surface area contributed by atoms with E-state index in [4.69, 9.17) is 15.9 Å². The molecule has 0 heterocycles. The Balaban J connectivity index is 4.28. The zero-order valence-electron chi connectivity index (χ0n) is 9.70. The number of carbonyl (C=O) groups excluding carboxylic acids is 1. The predicted octanol–water partition coefficient (Wildman–Crippen LogP) is 1.35. The highest BCUT2D eigenvalue weighted by Crippen LogP contribution is 2.09. The van der Waals surface area contributed by atoms with Crippen LogP contribution < -0.4 is 5.73 Å². The smallest absolute Gasteiger partial charge is 0.410 e. The maximum absolute atomic E-state index is 11.5. The van der Waals surface area contributed by atoms with Gasteiger partial charge in [-0.05, 0) is 20.8 Å². The number of likely N-dealkylation sites (N-methyl/N-ethyl adjacent to an activating group) is 1. The van der Waals surface area contributed by atoms with Crippen molar-refractivity contribution >= 4 is 12.3 Å². The Morgan fingerprint density at radius 3 is 2.40 bits per heavy atom. The van der Waals surface area contributed by atoms with Crippen molar-refractivity contribution in [2.24, 2.45) is 5.73 Å². The molecule has 0 bridgehead atoms. The van der Waals surface area contributed by atoms with Gasteiger partial charge in [0.15, 0.2) is 0 Å². The van der Waals surface area contributed by atoms with Crippen LogP contribution in [0.5, 0.6) is 0 Å². The van der Waals surface area contributed by atoms with Crippen molar-refractivity contribution in [1.82, 2.24) is 4.90 Å². The zero-order chi connectivity index (χ0) is 12.1. The minimum absolute atomic E-state index is 0.273. The van der Waals surface area contributed by atoms with Gasteiger partial charge >= 0.3 is 6.09 Å². The summed E-state index contributed by atoms with van der Waals surface area (Å²) in [6.45, 7) is 5.67. The summed E-state index contributed by atoms with van der Waals surface area (Å²) in [6, 6.07) is 0. The quantitative estimate of drug-likeness (QED) is 0.694. The maximum atomic E-state index is 11.5. The van der Waals surface area contributed by atoms with Crippen molar-refractivity contribution < 1.29 is 9.53 Å². The molecule has 0 aromatic rings. The number of nitrogens with two attached hydrogens (primary N) is 1. The Morgan fingerprint density at radius 2 is 2.07 bits per heavy atom. The van der Waals surface area contributed by atoms with Crippen molar-refractivity contribution in [3.63, 3.8) is 0 Å². The van der Waals surface area contributed by atoms with Crippen LogP contribution in [0, 0.1) is 5.41 Å². The molecular weight excluding hydrogens is 194 g/mol. The topological polar surface area (TPSA) is 79.4 Å². The van der Waals surface area contributed by atoms with Gasteiger partial charge in [0.1, 0.15) is 5.60 Å². The van der Waals surface area contributed by atoms with Gasteiger partial charge in [0, 0.05) is 25.0 Å². The number of rotatable bonds is 3. The highest BCUT2D eigenvalue weighted by Gasteiger charge is 2.19. The van der Waals surface area contributed by atoms with E-state index in [1.54, 1.807) is 27.8 Å². The van der Waals surface area contributed by atoms with E-state index in [1.165, 1.54) is 11.1 Å². The lowest BCUT2D eigenvalue weighted by Crippen LogP contribution is -2.35. The standard InChI is InChI=1S/C10H19N3O2/c1-10(2,3)15-9(14)13(4)7-8(5-11)6-12/h5-6,11H,7,12H2,1-4H3/b8-6+,11-5?. The van der Waals surface area contributed by atoms with Gasteiger partial charge in [-0.2, -0.15) is 0 Å². The Kier molecular flexibility index (Phi) is 4.84. The van der Waals surface area contributed by atoms with Crippen LogP contribution in [-0.2, 0) is 4.74 Å². The van der Waals surface area contributed by atoms with Crippen molar-refractivity contribution in [2.45, 2.75) is 26.4 Å². The summed E-state index contributed by atoms with van der Waals surface area (Å²) in [7, 11) is 1.60. The first-order valence-corrected chi connectivity index (χ1v) is 4.65. The van der Waals surface area contributed by atoms with Crippen LogP contribution in [0.15, 0.2) is 11.8 Å². The second-order valence-corrected chi connectivity index (χ2v) is 4.22. The van der Waals surface area contributed by atoms with Crippen molar-refractivity contribution in [3.05, 3.63) is 11.8 Å². The Hall–Kier alpha value is -1.52. The third kappa shape index (κ3) is 5.72.